The summed E-state index contributed by atoms with van der Waals surface area (Å²) in [6.45, 7) is 5.31. The Morgan fingerprint density at radius 1 is 1.45 bits per heavy atom. The maximum atomic E-state index is 12.2. The number of halogens is 1. The molecule has 1 heterocycles. The standard InChI is InChI=1S/C14H19BrN2O4S/c1-13(2,3)21-12(19)17-9(10(18)20-4)14(5-6-14)11-16-8(15)7-22-11/h7,9H,5-6H2,1-4H3,(H,17,19). The van der Waals surface area contributed by atoms with Crippen LogP contribution in [0.4, 0.5) is 4.79 Å². The second kappa shape index (κ2) is 6.16. The van der Waals surface area contributed by atoms with Gasteiger partial charge in [0.1, 0.15) is 21.3 Å². The highest BCUT2D eigenvalue weighted by molar-refractivity contribution is 9.10. The second-order valence-corrected chi connectivity index (χ2v) is 7.90. The Hall–Kier alpha value is -1.15. The number of thiazole rings is 1. The highest BCUT2D eigenvalue weighted by Crippen LogP contribution is 2.52. The number of hydrogen-bond acceptors (Lipinski definition) is 6. The SMILES string of the molecule is COC(=O)C(NC(=O)OC(C)(C)C)C1(c2nc(Br)cs2)CC1. The monoisotopic (exact) mass is 390 g/mol. The van der Waals surface area contributed by atoms with E-state index in [9.17, 15) is 9.59 Å². The zero-order chi connectivity index (χ0) is 16.5. The largest absolute Gasteiger partial charge is 0.467 e. The van der Waals surface area contributed by atoms with Gasteiger partial charge in [-0.05, 0) is 49.5 Å². The number of aromatic nitrogens is 1. The molecular formula is C14H19BrN2O4S. The maximum absolute atomic E-state index is 12.2. The first-order valence-electron chi connectivity index (χ1n) is 6.87. The molecule has 0 spiro atoms. The molecular weight excluding hydrogens is 372 g/mol. The zero-order valence-corrected chi connectivity index (χ0v) is 15.3. The number of amides is 1. The summed E-state index contributed by atoms with van der Waals surface area (Å²) in [5, 5.41) is 5.32. The molecule has 1 aromatic rings. The van der Waals surface area contributed by atoms with Crippen molar-refractivity contribution in [1.29, 1.82) is 0 Å². The number of ether oxygens (including phenoxy) is 2. The highest BCUT2D eigenvalue weighted by atomic mass is 79.9. The maximum Gasteiger partial charge on any atom is 0.408 e. The predicted molar refractivity (Wildman–Crippen MR) is 85.9 cm³/mol. The van der Waals surface area contributed by atoms with E-state index in [1.165, 1.54) is 18.4 Å². The van der Waals surface area contributed by atoms with Gasteiger partial charge in [0.05, 0.1) is 12.5 Å². The van der Waals surface area contributed by atoms with Gasteiger partial charge < -0.3 is 14.8 Å². The van der Waals surface area contributed by atoms with Gasteiger partial charge in [-0.15, -0.1) is 11.3 Å². The first kappa shape index (κ1) is 17.2. The number of alkyl carbamates (subject to hydrolysis) is 1. The van der Waals surface area contributed by atoms with Crippen molar-refractivity contribution in [2.75, 3.05) is 7.11 Å². The summed E-state index contributed by atoms with van der Waals surface area (Å²) >= 11 is 4.77. The molecule has 1 N–H and O–H groups in total. The van der Waals surface area contributed by atoms with Gasteiger partial charge in [0.25, 0.3) is 0 Å². The number of carbonyl (C=O) groups excluding carboxylic acids is 2. The van der Waals surface area contributed by atoms with E-state index < -0.39 is 29.1 Å². The molecule has 1 aromatic heterocycles. The molecule has 8 heteroatoms. The van der Waals surface area contributed by atoms with Gasteiger partial charge in [-0.25, -0.2) is 14.6 Å². The first-order chi connectivity index (χ1) is 10.2. The lowest BCUT2D eigenvalue weighted by molar-refractivity contribution is -0.144. The fourth-order valence-electron chi connectivity index (χ4n) is 2.21. The van der Waals surface area contributed by atoms with E-state index >= 15 is 0 Å². The molecule has 0 bridgehead atoms. The molecule has 22 heavy (non-hydrogen) atoms. The van der Waals surface area contributed by atoms with Crippen LogP contribution in [0.3, 0.4) is 0 Å². The Kier molecular flexibility index (Phi) is 4.81. The number of nitrogens with one attached hydrogen (secondary N) is 1. The van der Waals surface area contributed by atoms with Gasteiger partial charge in [-0.1, -0.05) is 0 Å². The lowest BCUT2D eigenvalue weighted by atomic mass is 9.97. The van der Waals surface area contributed by atoms with Gasteiger partial charge in [-0.2, -0.15) is 0 Å². The van der Waals surface area contributed by atoms with Crippen LogP contribution in [-0.4, -0.2) is 35.8 Å². The van der Waals surface area contributed by atoms with E-state index in [-0.39, 0.29) is 0 Å². The van der Waals surface area contributed by atoms with Crippen molar-refractivity contribution < 1.29 is 19.1 Å². The summed E-state index contributed by atoms with van der Waals surface area (Å²) in [7, 11) is 1.31. The lowest BCUT2D eigenvalue weighted by Gasteiger charge is -2.26. The van der Waals surface area contributed by atoms with Crippen molar-refractivity contribution in [1.82, 2.24) is 10.3 Å². The van der Waals surface area contributed by atoms with Crippen LogP contribution in [0.15, 0.2) is 9.98 Å². The second-order valence-electron chi connectivity index (χ2n) is 6.23. The Morgan fingerprint density at radius 2 is 2.09 bits per heavy atom. The normalized spacial score (nSPS) is 17.5. The van der Waals surface area contributed by atoms with Crippen molar-refractivity contribution in [3.05, 3.63) is 15.0 Å². The predicted octanol–water partition coefficient (Wildman–Crippen LogP) is 3.00. The van der Waals surface area contributed by atoms with Gasteiger partial charge in [0, 0.05) is 5.38 Å². The molecule has 122 valence electrons. The smallest absolute Gasteiger partial charge is 0.408 e. The molecule has 6 nitrogen and oxygen atoms in total. The Balaban J connectivity index is 2.20. The number of rotatable bonds is 4. The third-order valence-corrected chi connectivity index (χ3v) is 5.11. The van der Waals surface area contributed by atoms with Crippen LogP contribution in [0, 0.1) is 0 Å². The van der Waals surface area contributed by atoms with Gasteiger partial charge in [0.2, 0.25) is 0 Å². The van der Waals surface area contributed by atoms with Crippen LogP contribution in [0.5, 0.6) is 0 Å². The van der Waals surface area contributed by atoms with Gasteiger partial charge in [-0.3, -0.25) is 0 Å². The van der Waals surface area contributed by atoms with E-state index in [1.807, 2.05) is 5.38 Å². The minimum absolute atomic E-state index is 0.491. The minimum atomic E-state index is -0.801. The highest BCUT2D eigenvalue weighted by Gasteiger charge is 2.57. The summed E-state index contributed by atoms with van der Waals surface area (Å²) in [4.78, 5) is 28.6. The molecule has 1 aliphatic rings. The summed E-state index contributed by atoms with van der Waals surface area (Å²) in [5.74, 6) is -0.491. The average Bonchev–Trinajstić information content (AvgIpc) is 3.09. The Morgan fingerprint density at radius 3 is 2.50 bits per heavy atom. The number of carbonyl (C=O) groups is 2. The fourth-order valence-corrected chi connectivity index (χ4v) is 3.75. The van der Waals surface area contributed by atoms with Crippen LogP contribution >= 0.6 is 27.3 Å². The van der Waals surface area contributed by atoms with Crippen LogP contribution in [0.1, 0.15) is 38.6 Å². The molecule has 1 unspecified atom stereocenters. The molecule has 1 atom stereocenters. The zero-order valence-electron chi connectivity index (χ0n) is 12.9. The summed E-state index contributed by atoms with van der Waals surface area (Å²) in [5.41, 5.74) is -1.13. The molecule has 0 aromatic carbocycles. The summed E-state index contributed by atoms with van der Waals surface area (Å²) in [6.07, 6.45) is 0.898. The number of methoxy groups -OCH3 is 1. The van der Waals surface area contributed by atoms with Crippen LogP contribution in [0.25, 0.3) is 0 Å². The average molecular weight is 391 g/mol. The molecule has 2 rings (SSSR count). The van der Waals surface area contributed by atoms with Crippen molar-refractivity contribution >= 4 is 39.3 Å². The minimum Gasteiger partial charge on any atom is -0.467 e. The molecule has 0 aliphatic heterocycles. The molecule has 1 amide bonds. The van der Waals surface area contributed by atoms with E-state index in [1.54, 1.807) is 20.8 Å². The quantitative estimate of drug-likeness (QED) is 0.799. The third-order valence-electron chi connectivity index (χ3n) is 3.34. The molecule has 1 aliphatic carbocycles. The molecule has 1 fully saturated rings. The molecule has 0 radical (unpaired) electrons. The van der Waals surface area contributed by atoms with Crippen LogP contribution in [0.2, 0.25) is 0 Å². The van der Waals surface area contributed by atoms with Crippen LogP contribution < -0.4 is 5.32 Å². The first-order valence-corrected chi connectivity index (χ1v) is 8.54. The molecule has 1 saturated carbocycles. The van der Waals surface area contributed by atoms with Crippen LogP contribution in [-0.2, 0) is 19.7 Å². The van der Waals surface area contributed by atoms with Gasteiger partial charge in [0.15, 0.2) is 0 Å². The van der Waals surface area contributed by atoms with Crippen molar-refractivity contribution in [3.63, 3.8) is 0 Å². The van der Waals surface area contributed by atoms with Crippen molar-refractivity contribution in [2.24, 2.45) is 0 Å². The third kappa shape index (κ3) is 3.78. The Bertz CT molecular complexity index is 578. The van der Waals surface area contributed by atoms with Crippen molar-refractivity contribution in [2.45, 2.75) is 50.7 Å². The Labute approximate surface area is 141 Å². The van der Waals surface area contributed by atoms with Gasteiger partial charge >= 0.3 is 12.1 Å². The molecule has 0 saturated heterocycles. The van der Waals surface area contributed by atoms with E-state index in [0.717, 1.165) is 22.5 Å². The van der Waals surface area contributed by atoms with E-state index in [0.29, 0.717) is 0 Å². The number of nitrogens with zero attached hydrogens (tertiary/aromatic N) is 1. The van der Waals surface area contributed by atoms with Crippen molar-refractivity contribution in [3.8, 4) is 0 Å². The van der Waals surface area contributed by atoms with E-state index in [2.05, 4.69) is 26.2 Å². The summed E-state index contributed by atoms with van der Waals surface area (Å²) < 4.78 is 10.8. The topological polar surface area (TPSA) is 77.5 Å². The summed E-state index contributed by atoms with van der Waals surface area (Å²) in [6, 6.07) is -0.801. The lowest BCUT2D eigenvalue weighted by Crippen LogP contribution is -2.50. The number of esters is 1. The number of hydrogen-bond donors (Lipinski definition) is 1. The fraction of sp³-hybridized carbons (Fsp3) is 0.643. The van der Waals surface area contributed by atoms with E-state index in [4.69, 9.17) is 9.47 Å².